The van der Waals surface area contributed by atoms with Crippen LogP contribution in [0.4, 0.5) is 26.3 Å². The van der Waals surface area contributed by atoms with Gasteiger partial charge in [0.1, 0.15) is 12.6 Å². The number of nitrogens with two attached hydrogens (primary N) is 1. The van der Waals surface area contributed by atoms with Crippen molar-refractivity contribution >= 4 is 23.4 Å². The predicted octanol–water partition coefficient (Wildman–Crippen LogP) is 2.65. The number of alkyl halides is 6. The highest BCUT2D eigenvalue weighted by atomic mass is 35.5. The number of amides is 2. The summed E-state index contributed by atoms with van der Waals surface area (Å²) in [4.78, 5) is 37.4. The van der Waals surface area contributed by atoms with Crippen LogP contribution in [0.2, 0.25) is 5.02 Å². The Bertz CT molecular complexity index is 1380. The average molecular weight is 566 g/mol. The molecule has 3 rings (SSSR count). The molecule has 9 nitrogen and oxygen atoms in total. The number of rotatable bonds is 8. The number of hydrogen-bond donors (Lipinski definition) is 3. The third-order valence-corrected chi connectivity index (χ3v) is 5.44. The van der Waals surface area contributed by atoms with E-state index in [0.717, 1.165) is 18.2 Å². The Labute approximate surface area is 214 Å². The van der Waals surface area contributed by atoms with Gasteiger partial charge >= 0.3 is 18.0 Å². The minimum Gasteiger partial charge on any atom is -0.382 e. The lowest BCUT2D eigenvalue weighted by Crippen LogP contribution is -2.41. The standard InChI is InChI=1S/C22H18ClF6N5O4/c23-14-6-4-11(5-7-14)19-32-34(20(38)33(19)9-15(35)22(27,28)29)10-16(36)31-17(18(30)37)12-2-1-3-13(8-12)21(24,25)26/h1-8,15,17,35H,9-10H2,(H2,30,37)(H,31,36)/t15-,17-/m0/s1. The zero-order valence-corrected chi connectivity index (χ0v) is 19.7. The van der Waals surface area contributed by atoms with Crippen LogP contribution in [-0.2, 0) is 28.9 Å². The first kappa shape index (κ1) is 28.7. The summed E-state index contributed by atoms with van der Waals surface area (Å²) in [7, 11) is 0. The Kier molecular flexibility index (Phi) is 8.21. The number of carbonyl (C=O) groups is 2. The first-order valence-corrected chi connectivity index (χ1v) is 10.9. The molecule has 38 heavy (non-hydrogen) atoms. The topological polar surface area (TPSA) is 132 Å². The fourth-order valence-corrected chi connectivity index (χ4v) is 3.48. The first-order valence-electron chi connectivity index (χ1n) is 10.5. The highest BCUT2D eigenvalue weighted by Crippen LogP contribution is 2.31. The number of aliphatic hydroxyl groups excluding tert-OH is 1. The number of hydrogen-bond acceptors (Lipinski definition) is 5. The smallest absolute Gasteiger partial charge is 0.382 e. The molecule has 204 valence electrons. The van der Waals surface area contributed by atoms with Crippen LogP contribution in [0.15, 0.2) is 53.3 Å². The van der Waals surface area contributed by atoms with E-state index in [9.17, 15) is 45.8 Å². The fourth-order valence-electron chi connectivity index (χ4n) is 3.35. The number of primary amides is 1. The van der Waals surface area contributed by atoms with Crippen LogP contribution in [0.25, 0.3) is 11.4 Å². The van der Waals surface area contributed by atoms with E-state index >= 15 is 0 Å². The molecule has 1 heterocycles. The molecule has 0 aliphatic carbocycles. The van der Waals surface area contributed by atoms with Gasteiger partial charge in [0.15, 0.2) is 11.9 Å². The van der Waals surface area contributed by atoms with Gasteiger partial charge in [0.2, 0.25) is 11.8 Å². The number of nitrogens with zero attached hydrogens (tertiary/aromatic N) is 3. The van der Waals surface area contributed by atoms with Crippen LogP contribution >= 0.6 is 11.6 Å². The van der Waals surface area contributed by atoms with Crippen molar-refractivity contribution in [1.29, 1.82) is 0 Å². The molecule has 0 fully saturated rings. The van der Waals surface area contributed by atoms with E-state index < -0.39 is 60.7 Å². The number of aromatic nitrogens is 3. The van der Waals surface area contributed by atoms with Crippen molar-refractivity contribution in [2.45, 2.75) is 37.6 Å². The molecule has 1 aromatic heterocycles. The Morgan fingerprint density at radius 1 is 1.08 bits per heavy atom. The average Bonchev–Trinajstić information content (AvgIpc) is 3.11. The molecular formula is C22H18ClF6N5O4. The van der Waals surface area contributed by atoms with Gasteiger partial charge in [0, 0.05) is 10.6 Å². The first-order chi connectivity index (χ1) is 17.6. The van der Waals surface area contributed by atoms with Crippen LogP contribution in [-0.4, -0.2) is 43.5 Å². The Hall–Kier alpha value is -3.85. The number of nitrogens with one attached hydrogen (secondary N) is 1. The van der Waals surface area contributed by atoms with E-state index in [4.69, 9.17) is 17.3 Å². The molecule has 0 spiro atoms. The second-order valence-electron chi connectivity index (χ2n) is 7.96. The van der Waals surface area contributed by atoms with Gasteiger partial charge in [-0.2, -0.15) is 26.3 Å². The number of aliphatic hydroxyl groups is 1. The molecule has 2 aromatic carbocycles. The van der Waals surface area contributed by atoms with Crippen molar-refractivity contribution in [3.8, 4) is 11.4 Å². The third-order valence-electron chi connectivity index (χ3n) is 5.19. The van der Waals surface area contributed by atoms with Gasteiger partial charge < -0.3 is 16.2 Å². The van der Waals surface area contributed by atoms with Crippen LogP contribution in [0.5, 0.6) is 0 Å². The molecule has 0 radical (unpaired) electrons. The van der Waals surface area contributed by atoms with Crippen molar-refractivity contribution in [2.24, 2.45) is 5.73 Å². The van der Waals surface area contributed by atoms with Crippen LogP contribution in [0.3, 0.4) is 0 Å². The van der Waals surface area contributed by atoms with Crippen LogP contribution in [0.1, 0.15) is 17.2 Å². The summed E-state index contributed by atoms with van der Waals surface area (Å²) in [6.07, 6.45) is -12.8. The SMILES string of the molecule is NC(=O)[C@@H](NC(=O)Cn1nc(-c2ccc(Cl)cc2)n(C[C@H](O)C(F)(F)F)c1=O)c1cccc(C(F)(F)F)c1. The molecule has 0 bridgehead atoms. The minimum atomic E-state index is -5.07. The largest absolute Gasteiger partial charge is 0.416 e. The molecule has 2 atom stereocenters. The Morgan fingerprint density at radius 3 is 2.26 bits per heavy atom. The van der Waals surface area contributed by atoms with Crippen molar-refractivity contribution < 1.29 is 41.0 Å². The van der Waals surface area contributed by atoms with Gasteiger partial charge in [0.25, 0.3) is 0 Å². The molecule has 0 saturated heterocycles. The Morgan fingerprint density at radius 2 is 1.71 bits per heavy atom. The van der Waals surface area contributed by atoms with E-state index in [0.29, 0.717) is 15.3 Å². The lowest BCUT2D eigenvalue weighted by atomic mass is 10.0. The lowest BCUT2D eigenvalue weighted by Gasteiger charge is -2.17. The summed E-state index contributed by atoms with van der Waals surface area (Å²) < 4.78 is 79.0. The van der Waals surface area contributed by atoms with Gasteiger partial charge in [-0.3, -0.25) is 14.2 Å². The normalized spacial score (nSPS) is 13.7. The van der Waals surface area contributed by atoms with E-state index in [-0.39, 0.29) is 22.0 Å². The highest BCUT2D eigenvalue weighted by Gasteiger charge is 2.39. The maximum absolute atomic E-state index is 13.0. The van der Waals surface area contributed by atoms with Gasteiger partial charge in [0.05, 0.1) is 12.1 Å². The molecule has 0 saturated carbocycles. The highest BCUT2D eigenvalue weighted by molar-refractivity contribution is 6.30. The molecule has 0 aliphatic heterocycles. The Balaban J connectivity index is 1.93. The van der Waals surface area contributed by atoms with Gasteiger partial charge in [-0.15, -0.1) is 5.10 Å². The van der Waals surface area contributed by atoms with Crippen LogP contribution < -0.4 is 16.7 Å². The number of benzene rings is 2. The van der Waals surface area contributed by atoms with E-state index in [1.54, 1.807) is 0 Å². The van der Waals surface area contributed by atoms with Gasteiger partial charge in [-0.1, -0.05) is 23.7 Å². The molecule has 4 N–H and O–H groups in total. The predicted molar refractivity (Wildman–Crippen MR) is 121 cm³/mol. The maximum atomic E-state index is 13.0. The second-order valence-corrected chi connectivity index (χ2v) is 8.40. The van der Waals surface area contributed by atoms with E-state index in [1.807, 2.05) is 0 Å². The second kappa shape index (κ2) is 10.9. The summed E-state index contributed by atoms with van der Waals surface area (Å²) in [5, 5.41) is 15.7. The molecule has 16 heteroatoms. The third kappa shape index (κ3) is 6.72. The summed E-state index contributed by atoms with van der Waals surface area (Å²) >= 11 is 5.81. The van der Waals surface area contributed by atoms with Crippen molar-refractivity contribution in [3.05, 3.63) is 75.2 Å². The quantitative estimate of drug-likeness (QED) is 0.361. The molecular weight excluding hydrogens is 548 g/mol. The molecule has 2 amide bonds. The van der Waals surface area contributed by atoms with Crippen LogP contribution in [0, 0.1) is 0 Å². The summed E-state index contributed by atoms with van der Waals surface area (Å²) in [6, 6.07) is 7.12. The number of carbonyl (C=O) groups excluding carboxylic acids is 2. The van der Waals surface area contributed by atoms with E-state index in [1.165, 1.54) is 24.3 Å². The monoisotopic (exact) mass is 565 g/mol. The zero-order chi connectivity index (χ0) is 28.4. The summed E-state index contributed by atoms with van der Waals surface area (Å²) in [5.74, 6) is -2.67. The lowest BCUT2D eigenvalue weighted by molar-refractivity contribution is -0.207. The fraction of sp³-hybridized carbons (Fsp3) is 0.273. The van der Waals surface area contributed by atoms with Gasteiger partial charge in [-0.25, -0.2) is 9.48 Å². The van der Waals surface area contributed by atoms with Crippen molar-refractivity contribution in [2.75, 3.05) is 0 Å². The van der Waals surface area contributed by atoms with Gasteiger partial charge in [-0.05, 0) is 42.0 Å². The minimum absolute atomic E-state index is 0.124. The van der Waals surface area contributed by atoms with E-state index in [2.05, 4.69) is 10.4 Å². The maximum Gasteiger partial charge on any atom is 0.416 e. The molecule has 3 aromatic rings. The van der Waals surface area contributed by atoms with Crippen molar-refractivity contribution in [1.82, 2.24) is 19.7 Å². The zero-order valence-electron chi connectivity index (χ0n) is 18.9. The summed E-state index contributed by atoms with van der Waals surface area (Å²) in [6.45, 7) is -2.20. The summed E-state index contributed by atoms with van der Waals surface area (Å²) in [5.41, 5.74) is 2.74. The van der Waals surface area contributed by atoms with Crippen molar-refractivity contribution in [3.63, 3.8) is 0 Å². The molecule has 0 aliphatic rings. The number of halogens is 7. The molecule has 0 unspecified atom stereocenters.